The fraction of sp³-hybridized carbons (Fsp3) is 0.200. The first-order valence-electron chi connectivity index (χ1n) is 12.2. The zero-order valence-electron chi connectivity index (χ0n) is 21.0. The van der Waals surface area contributed by atoms with Crippen LogP contribution in [0, 0.1) is 0 Å². The number of sulfone groups is 1. The van der Waals surface area contributed by atoms with Gasteiger partial charge < -0.3 is 0 Å². The number of hydrogen-bond acceptors (Lipinski definition) is 4. The van der Waals surface area contributed by atoms with Gasteiger partial charge in [0.15, 0.2) is 9.84 Å². The van der Waals surface area contributed by atoms with Gasteiger partial charge in [-0.1, -0.05) is 77.9 Å². The van der Waals surface area contributed by atoms with Gasteiger partial charge in [-0.3, -0.25) is 0 Å². The lowest BCUT2D eigenvalue weighted by Gasteiger charge is -2.07. The van der Waals surface area contributed by atoms with Crippen molar-refractivity contribution in [3.63, 3.8) is 0 Å². The van der Waals surface area contributed by atoms with Crippen LogP contribution in [0.15, 0.2) is 124 Å². The van der Waals surface area contributed by atoms with Gasteiger partial charge >= 0.3 is 0 Å². The Morgan fingerprint density at radius 1 is 0.730 bits per heavy atom. The van der Waals surface area contributed by atoms with Crippen molar-refractivity contribution in [2.24, 2.45) is 0 Å². The summed E-state index contributed by atoms with van der Waals surface area (Å²) < 4.78 is 53.1. The molecule has 0 aliphatic carbocycles. The number of benzene rings is 3. The van der Waals surface area contributed by atoms with Gasteiger partial charge in [0.05, 0.1) is 21.1 Å². The van der Waals surface area contributed by atoms with Crippen molar-refractivity contribution in [3.8, 4) is 0 Å². The van der Waals surface area contributed by atoms with Crippen molar-refractivity contribution in [1.29, 1.82) is 0 Å². The number of fused-ring (bicyclic) bond motifs is 1. The third-order valence-corrected chi connectivity index (χ3v) is 9.80. The van der Waals surface area contributed by atoms with E-state index in [2.05, 4.69) is 6.08 Å². The molecule has 4 rings (SSSR count). The van der Waals surface area contributed by atoms with Crippen LogP contribution < -0.4 is 0 Å². The highest BCUT2D eigenvalue weighted by atomic mass is 32.2. The molecule has 0 spiro atoms. The molecular formula is C30H31NO4S2. The van der Waals surface area contributed by atoms with Gasteiger partial charge in [0, 0.05) is 11.6 Å². The number of nitrogens with zero attached hydrogens (tertiary/aromatic N) is 1. The van der Waals surface area contributed by atoms with Crippen molar-refractivity contribution < 1.29 is 16.8 Å². The summed E-state index contributed by atoms with van der Waals surface area (Å²) in [5.74, 6) is 0.00910. The van der Waals surface area contributed by atoms with E-state index < -0.39 is 19.9 Å². The molecule has 3 aromatic carbocycles. The number of aromatic nitrogens is 1. The molecule has 0 fully saturated rings. The molecular weight excluding hydrogens is 502 g/mol. The summed E-state index contributed by atoms with van der Waals surface area (Å²) in [5.41, 5.74) is 3.59. The SMILES string of the molecule is C/C(=C\Cc1cn(S(=O)(=O)c2ccccc2)c2ccccc12)CC/C=C(\C)CS(=O)(=O)c1ccccc1. The van der Waals surface area contributed by atoms with E-state index in [1.807, 2.05) is 44.2 Å². The minimum absolute atomic E-state index is 0.00910. The van der Waals surface area contributed by atoms with E-state index in [9.17, 15) is 16.8 Å². The van der Waals surface area contributed by atoms with E-state index in [1.54, 1.807) is 66.9 Å². The summed E-state index contributed by atoms with van der Waals surface area (Å²) in [5, 5.41) is 0.910. The molecule has 0 unspecified atom stereocenters. The van der Waals surface area contributed by atoms with Gasteiger partial charge in [0.25, 0.3) is 10.0 Å². The van der Waals surface area contributed by atoms with Crippen LogP contribution in [0.2, 0.25) is 0 Å². The van der Waals surface area contributed by atoms with Crippen LogP contribution in [-0.2, 0) is 26.3 Å². The normalized spacial score (nSPS) is 13.2. The number of hydrogen-bond donors (Lipinski definition) is 0. The molecule has 192 valence electrons. The summed E-state index contributed by atoms with van der Waals surface area (Å²) in [6.45, 7) is 3.89. The lowest BCUT2D eigenvalue weighted by molar-refractivity contribution is 0.588. The fourth-order valence-corrected chi connectivity index (χ4v) is 7.16. The van der Waals surface area contributed by atoms with Crippen LogP contribution in [0.25, 0.3) is 10.9 Å². The van der Waals surface area contributed by atoms with Crippen molar-refractivity contribution in [3.05, 3.63) is 120 Å². The van der Waals surface area contributed by atoms with Crippen molar-refractivity contribution in [1.82, 2.24) is 3.97 Å². The van der Waals surface area contributed by atoms with Crippen molar-refractivity contribution in [2.45, 2.75) is 42.9 Å². The Morgan fingerprint density at radius 3 is 2.00 bits per heavy atom. The average molecular weight is 534 g/mol. The van der Waals surface area contributed by atoms with Gasteiger partial charge in [-0.15, -0.1) is 0 Å². The van der Waals surface area contributed by atoms with Crippen molar-refractivity contribution in [2.75, 3.05) is 5.75 Å². The molecule has 0 amide bonds. The summed E-state index contributed by atoms with van der Waals surface area (Å²) in [6.07, 6.45) is 7.96. The number of rotatable bonds is 10. The Kier molecular flexibility index (Phi) is 8.15. The Hall–Kier alpha value is -3.42. The smallest absolute Gasteiger partial charge is 0.241 e. The molecule has 0 atom stereocenters. The van der Waals surface area contributed by atoms with E-state index in [4.69, 9.17) is 0 Å². The standard InChI is InChI=1S/C30H31NO4S2/c1-24(12-11-13-25(2)23-36(32,33)27-14-5-3-6-15-27)20-21-26-22-31(30-19-10-9-18-29(26)30)37(34,35)28-16-7-4-8-17-28/h3-10,13-20,22H,11-12,21,23H2,1-2H3/b24-20+,25-13+. The van der Waals surface area contributed by atoms with Crippen LogP contribution in [0.5, 0.6) is 0 Å². The summed E-state index contributed by atoms with van der Waals surface area (Å²) >= 11 is 0. The maximum absolute atomic E-state index is 13.3. The predicted octanol–water partition coefficient (Wildman–Crippen LogP) is 6.57. The summed E-state index contributed by atoms with van der Waals surface area (Å²) in [7, 11) is -7.04. The maximum Gasteiger partial charge on any atom is 0.268 e. The van der Waals surface area contributed by atoms with Crippen molar-refractivity contribution >= 4 is 30.8 Å². The fourth-order valence-electron chi connectivity index (χ4n) is 4.29. The minimum atomic E-state index is -3.70. The second-order valence-corrected chi connectivity index (χ2v) is 13.0. The molecule has 5 nitrogen and oxygen atoms in total. The number of para-hydroxylation sites is 1. The molecule has 0 saturated carbocycles. The lowest BCUT2D eigenvalue weighted by Crippen LogP contribution is -2.11. The lowest BCUT2D eigenvalue weighted by atomic mass is 10.1. The van der Waals surface area contributed by atoms with Crippen LogP contribution in [-0.4, -0.2) is 26.6 Å². The van der Waals surface area contributed by atoms with Gasteiger partial charge in [0.2, 0.25) is 0 Å². The van der Waals surface area contributed by atoms with Crippen LogP contribution in [0.4, 0.5) is 0 Å². The van der Waals surface area contributed by atoms with E-state index in [-0.39, 0.29) is 10.6 Å². The first kappa shape index (κ1) is 26.6. The largest absolute Gasteiger partial charge is 0.268 e. The monoisotopic (exact) mass is 533 g/mol. The highest BCUT2D eigenvalue weighted by molar-refractivity contribution is 7.91. The van der Waals surface area contributed by atoms with E-state index >= 15 is 0 Å². The van der Waals surface area contributed by atoms with Crippen LogP contribution in [0.3, 0.4) is 0 Å². The Bertz CT molecular complexity index is 1650. The van der Waals surface area contributed by atoms with Crippen LogP contribution in [0.1, 0.15) is 32.3 Å². The predicted molar refractivity (Wildman–Crippen MR) is 150 cm³/mol. The van der Waals surface area contributed by atoms with Crippen LogP contribution >= 0.6 is 0 Å². The third kappa shape index (κ3) is 6.29. The molecule has 0 saturated heterocycles. The van der Waals surface area contributed by atoms with E-state index in [0.29, 0.717) is 16.8 Å². The maximum atomic E-state index is 13.3. The Morgan fingerprint density at radius 2 is 1.32 bits per heavy atom. The molecule has 4 aromatic rings. The third-order valence-electron chi connectivity index (χ3n) is 6.28. The molecule has 0 N–H and O–H groups in total. The molecule has 37 heavy (non-hydrogen) atoms. The number of allylic oxidation sites excluding steroid dienone is 3. The molecule has 1 heterocycles. The second-order valence-electron chi connectivity index (χ2n) is 9.20. The molecule has 0 radical (unpaired) electrons. The molecule has 0 bridgehead atoms. The first-order chi connectivity index (χ1) is 17.7. The zero-order chi connectivity index (χ0) is 26.5. The second kappa shape index (κ2) is 11.3. The van der Waals surface area contributed by atoms with Gasteiger partial charge in [-0.05, 0) is 69.0 Å². The molecule has 7 heteroatoms. The topological polar surface area (TPSA) is 73.2 Å². The molecule has 0 aliphatic rings. The quantitative estimate of drug-likeness (QED) is 0.216. The van der Waals surface area contributed by atoms with E-state index in [0.717, 1.165) is 34.9 Å². The molecule has 1 aromatic heterocycles. The van der Waals surface area contributed by atoms with Gasteiger partial charge in [-0.2, -0.15) is 0 Å². The average Bonchev–Trinajstić information content (AvgIpc) is 3.28. The summed E-state index contributed by atoms with van der Waals surface area (Å²) in [4.78, 5) is 0.595. The van der Waals surface area contributed by atoms with Gasteiger partial charge in [0.1, 0.15) is 0 Å². The van der Waals surface area contributed by atoms with E-state index in [1.165, 1.54) is 3.97 Å². The highest BCUT2D eigenvalue weighted by Gasteiger charge is 2.20. The zero-order valence-corrected chi connectivity index (χ0v) is 22.7. The summed E-state index contributed by atoms with van der Waals surface area (Å²) in [6, 6.07) is 24.5. The Labute approximate surface area is 219 Å². The minimum Gasteiger partial charge on any atom is -0.241 e. The first-order valence-corrected chi connectivity index (χ1v) is 15.3. The highest BCUT2D eigenvalue weighted by Crippen LogP contribution is 2.27. The van der Waals surface area contributed by atoms with Gasteiger partial charge in [-0.25, -0.2) is 20.8 Å². The molecule has 0 aliphatic heterocycles. The Balaban J connectivity index is 1.45.